The highest BCUT2D eigenvalue weighted by Gasteiger charge is 2.05. The fourth-order valence-corrected chi connectivity index (χ4v) is 2.86. The van der Waals surface area contributed by atoms with E-state index in [0.717, 1.165) is 5.69 Å². The van der Waals surface area contributed by atoms with E-state index >= 15 is 0 Å². The van der Waals surface area contributed by atoms with E-state index in [2.05, 4.69) is 96.0 Å². The molecule has 1 heteroatoms. The Balaban J connectivity index is 1.76. The molecule has 1 nitrogen and oxygen atoms in total. The predicted octanol–water partition coefficient (Wildman–Crippen LogP) is 6.01. The molecule has 1 aromatic heterocycles. The minimum Gasteiger partial charge on any atom is -0.355 e. The summed E-state index contributed by atoms with van der Waals surface area (Å²) in [5.41, 5.74) is 5.96. The minimum absolute atomic E-state index is 1.15. The summed E-state index contributed by atoms with van der Waals surface area (Å²) >= 11 is 0. The number of para-hydroxylation sites is 1. The van der Waals surface area contributed by atoms with Crippen LogP contribution in [0, 0.1) is 0 Å². The molecule has 3 aromatic carbocycles. The van der Waals surface area contributed by atoms with E-state index < -0.39 is 0 Å². The van der Waals surface area contributed by atoms with Crippen molar-refractivity contribution in [3.63, 3.8) is 0 Å². The average Bonchev–Trinajstić information content (AvgIpc) is 3.05. The lowest BCUT2D eigenvalue weighted by Crippen LogP contribution is -1.82. The molecule has 0 aliphatic heterocycles. The Morgan fingerprint density at radius 1 is 0.652 bits per heavy atom. The molecule has 23 heavy (non-hydrogen) atoms. The predicted molar refractivity (Wildman–Crippen MR) is 99.1 cm³/mol. The molecule has 0 radical (unpaired) electrons. The quantitative estimate of drug-likeness (QED) is 0.446. The molecule has 0 amide bonds. The van der Waals surface area contributed by atoms with E-state index in [1.54, 1.807) is 0 Å². The molecule has 110 valence electrons. The van der Waals surface area contributed by atoms with Crippen LogP contribution < -0.4 is 0 Å². The van der Waals surface area contributed by atoms with Crippen molar-refractivity contribution in [3.8, 4) is 11.3 Å². The summed E-state index contributed by atoms with van der Waals surface area (Å²) in [5, 5.41) is 1.24. The van der Waals surface area contributed by atoms with Gasteiger partial charge in [0, 0.05) is 22.2 Å². The number of benzene rings is 3. The van der Waals surface area contributed by atoms with Crippen LogP contribution in [0.3, 0.4) is 0 Å². The summed E-state index contributed by atoms with van der Waals surface area (Å²) in [6.07, 6.45) is 4.33. The molecule has 0 unspecified atom stereocenters. The van der Waals surface area contributed by atoms with Gasteiger partial charge in [0.05, 0.1) is 0 Å². The maximum atomic E-state index is 3.52. The highest BCUT2D eigenvalue weighted by molar-refractivity contribution is 5.88. The van der Waals surface area contributed by atoms with Gasteiger partial charge in [-0.15, -0.1) is 0 Å². The zero-order valence-corrected chi connectivity index (χ0v) is 12.7. The van der Waals surface area contributed by atoms with Crippen LogP contribution in [0.1, 0.15) is 11.1 Å². The molecule has 4 rings (SSSR count). The van der Waals surface area contributed by atoms with Gasteiger partial charge in [0.25, 0.3) is 0 Å². The van der Waals surface area contributed by atoms with Crippen LogP contribution in [0.25, 0.3) is 34.3 Å². The first-order valence-corrected chi connectivity index (χ1v) is 7.80. The Labute approximate surface area is 135 Å². The molecule has 0 bridgehead atoms. The standard InChI is InChI=1S/C22H17N/c1-2-8-17(9-3-1)14-15-18-10-4-6-12-20(18)22-16-19-11-5-7-13-21(19)23-22/h1-16,23H. The van der Waals surface area contributed by atoms with Crippen LogP contribution in [0.2, 0.25) is 0 Å². The van der Waals surface area contributed by atoms with E-state index in [1.807, 2.05) is 6.07 Å². The first-order chi connectivity index (χ1) is 11.4. The number of rotatable bonds is 3. The van der Waals surface area contributed by atoms with Gasteiger partial charge in [-0.05, 0) is 23.3 Å². The number of nitrogens with one attached hydrogen (secondary N) is 1. The van der Waals surface area contributed by atoms with Gasteiger partial charge in [-0.1, -0.05) is 84.9 Å². The van der Waals surface area contributed by atoms with Gasteiger partial charge >= 0.3 is 0 Å². The first kappa shape index (κ1) is 13.6. The molecule has 0 aliphatic carbocycles. The summed E-state index contributed by atoms with van der Waals surface area (Å²) in [6, 6.07) is 29.5. The molecule has 0 atom stereocenters. The van der Waals surface area contributed by atoms with E-state index in [4.69, 9.17) is 0 Å². The smallest absolute Gasteiger partial charge is 0.0470 e. The molecular formula is C22H17N. The molecular weight excluding hydrogens is 278 g/mol. The Hall–Kier alpha value is -3.06. The van der Waals surface area contributed by atoms with Crippen molar-refractivity contribution in [3.05, 3.63) is 96.1 Å². The second kappa shape index (κ2) is 5.98. The van der Waals surface area contributed by atoms with E-state index in [9.17, 15) is 0 Å². The number of aromatic nitrogens is 1. The largest absolute Gasteiger partial charge is 0.355 e. The Bertz CT molecular complexity index is 928. The van der Waals surface area contributed by atoms with Crippen molar-refractivity contribution in [1.82, 2.24) is 4.98 Å². The first-order valence-electron chi connectivity index (χ1n) is 7.80. The molecule has 0 saturated heterocycles. The Kier molecular flexibility index (Phi) is 3.53. The third kappa shape index (κ3) is 2.82. The second-order valence-electron chi connectivity index (χ2n) is 5.60. The van der Waals surface area contributed by atoms with E-state index in [1.165, 1.54) is 27.6 Å². The lowest BCUT2D eigenvalue weighted by Gasteiger charge is -2.03. The van der Waals surface area contributed by atoms with Crippen LogP contribution in [0.5, 0.6) is 0 Å². The Morgan fingerprint density at radius 2 is 1.39 bits per heavy atom. The summed E-state index contributed by atoms with van der Waals surface area (Å²) in [6.45, 7) is 0. The molecule has 0 fully saturated rings. The van der Waals surface area contributed by atoms with Gasteiger partial charge in [-0.3, -0.25) is 0 Å². The van der Waals surface area contributed by atoms with Crippen molar-refractivity contribution in [1.29, 1.82) is 0 Å². The number of hydrogen-bond acceptors (Lipinski definition) is 0. The third-order valence-electron chi connectivity index (χ3n) is 4.04. The number of fused-ring (bicyclic) bond motifs is 1. The van der Waals surface area contributed by atoms with Crippen molar-refractivity contribution < 1.29 is 0 Å². The van der Waals surface area contributed by atoms with Gasteiger partial charge in [0.15, 0.2) is 0 Å². The fraction of sp³-hybridized carbons (Fsp3) is 0. The molecule has 0 spiro atoms. The summed E-state index contributed by atoms with van der Waals surface area (Å²) in [4.78, 5) is 3.52. The van der Waals surface area contributed by atoms with Crippen molar-refractivity contribution in [2.45, 2.75) is 0 Å². The van der Waals surface area contributed by atoms with Gasteiger partial charge < -0.3 is 4.98 Å². The van der Waals surface area contributed by atoms with E-state index in [0.29, 0.717) is 0 Å². The van der Waals surface area contributed by atoms with Crippen molar-refractivity contribution in [2.75, 3.05) is 0 Å². The van der Waals surface area contributed by atoms with Gasteiger partial charge in [-0.2, -0.15) is 0 Å². The molecule has 1 heterocycles. The van der Waals surface area contributed by atoms with Crippen LogP contribution in [-0.4, -0.2) is 4.98 Å². The van der Waals surface area contributed by atoms with E-state index in [-0.39, 0.29) is 0 Å². The second-order valence-corrected chi connectivity index (χ2v) is 5.60. The number of aromatic amines is 1. The zero-order valence-electron chi connectivity index (χ0n) is 12.7. The van der Waals surface area contributed by atoms with Gasteiger partial charge in [0.2, 0.25) is 0 Å². The highest BCUT2D eigenvalue weighted by atomic mass is 14.7. The lowest BCUT2D eigenvalue weighted by atomic mass is 10.0. The fourth-order valence-electron chi connectivity index (χ4n) is 2.86. The number of hydrogen-bond donors (Lipinski definition) is 1. The van der Waals surface area contributed by atoms with Crippen LogP contribution in [0.15, 0.2) is 84.9 Å². The third-order valence-corrected chi connectivity index (χ3v) is 4.04. The maximum Gasteiger partial charge on any atom is 0.0470 e. The normalized spacial score (nSPS) is 11.3. The highest BCUT2D eigenvalue weighted by Crippen LogP contribution is 2.28. The Morgan fingerprint density at radius 3 is 2.26 bits per heavy atom. The molecule has 4 aromatic rings. The zero-order chi connectivity index (χ0) is 15.5. The van der Waals surface area contributed by atoms with Crippen LogP contribution >= 0.6 is 0 Å². The van der Waals surface area contributed by atoms with Crippen LogP contribution in [0.4, 0.5) is 0 Å². The van der Waals surface area contributed by atoms with Gasteiger partial charge in [-0.25, -0.2) is 0 Å². The lowest BCUT2D eigenvalue weighted by molar-refractivity contribution is 1.44. The maximum absolute atomic E-state index is 3.52. The van der Waals surface area contributed by atoms with Crippen molar-refractivity contribution >= 4 is 23.1 Å². The van der Waals surface area contributed by atoms with Crippen molar-refractivity contribution in [2.24, 2.45) is 0 Å². The average molecular weight is 295 g/mol. The molecule has 0 aliphatic rings. The van der Waals surface area contributed by atoms with Crippen LogP contribution in [-0.2, 0) is 0 Å². The summed E-state index contributed by atoms with van der Waals surface area (Å²) < 4.78 is 0. The molecule has 1 N–H and O–H groups in total. The summed E-state index contributed by atoms with van der Waals surface area (Å²) in [5.74, 6) is 0. The minimum atomic E-state index is 1.15. The van der Waals surface area contributed by atoms with Gasteiger partial charge in [0.1, 0.15) is 0 Å². The number of H-pyrrole nitrogens is 1. The SMILES string of the molecule is C(=Cc1ccccc1-c1cc2ccccc2[nH]1)c1ccccc1. The topological polar surface area (TPSA) is 15.8 Å². The summed E-state index contributed by atoms with van der Waals surface area (Å²) in [7, 11) is 0. The monoisotopic (exact) mass is 295 g/mol. The molecule has 0 saturated carbocycles.